The van der Waals surface area contributed by atoms with Crippen LogP contribution in [0.5, 0.6) is 5.75 Å². The molecule has 1 saturated heterocycles. The fourth-order valence-electron chi connectivity index (χ4n) is 3.15. The summed E-state index contributed by atoms with van der Waals surface area (Å²) >= 11 is 0. The number of para-hydroxylation sites is 2. The van der Waals surface area contributed by atoms with Crippen LogP contribution in [0.25, 0.3) is 11.0 Å². The number of ether oxygens (including phenoxy) is 1. The highest BCUT2D eigenvalue weighted by molar-refractivity contribution is 6.05. The Hall–Kier alpha value is -3.15. The fourth-order valence-corrected chi connectivity index (χ4v) is 3.15. The van der Waals surface area contributed by atoms with Crippen molar-refractivity contribution < 1.29 is 9.53 Å². The van der Waals surface area contributed by atoms with Gasteiger partial charge in [-0.15, -0.1) is 0 Å². The minimum Gasteiger partial charge on any atom is -0.497 e. The summed E-state index contributed by atoms with van der Waals surface area (Å²) in [4.78, 5) is 24.3. The maximum absolute atomic E-state index is 12.7. The number of hydrogen-bond acceptors (Lipinski definition) is 5. The maximum Gasteiger partial charge on any atom is 0.256 e. The summed E-state index contributed by atoms with van der Waals surface area (Å²) in [5.74, 6) is 1.75. The van der Waals surface area contributed by atoms with Crippen LogP contribution in [0.4, 0.5) is 11.6 Å². The van der Waals surface area contributed by atoms with E-state index in [2.05, 4.69) is 15.2 Å². The second-order valence-electron chi connectivity index (χ2n) is 6.26. The van der Waals surface area contributed by atoms with Crippen LogP contribution in [0.1, 0.15) is 23.2 Å². The molecule has 6 nitrogen and oxygen atoms in total. The fraction of sp³-hybridized carbons (Fsp3) is 0.250. The van der Waals surface area contributed by atoms with Crippen molar-refractivity contribution >= 4 is 28.6 Å². The Morgan fingerprint density at radius 3 is 2.31 bits per heavy atom. The van der Waals surface area contributed by atoms with Gasteiger partial charge in [-0.3, -0.25) is 4.79 Å². The van der Waals surface area contributed by atoms with Crippen LogP contribution < -0.4 is 15.0 Å². The number of carbonyl (C=O) groups excluding carboxylic acids is 1. The molecule has 1 amide bonds. The van der Waals surface area contributed by atoms with Gasteiger partial charge >= 0.3 is 0 Å². The van der Waals surface area contributed by atoms with Crippen molar-refractivity contribution in [3.05, 3.63) is 54.1 Å². The second-order valence-corrected chi connectivity index (χ2v) is 6.26. The minimum absolute atomic E-state index is 0.210. The van der Waals surface area contributed by atoms with Crippen molar-refractivity contribution in [3.8, 4) is 5.75 Å². The van der Waals surface area contributed by atoms with Gasteiger partial charge < -0.3 is 15.0 Å². The molecule has 0 aliphatic carbocycles. The number of anilines is 2. The molecule has 6 heteroatoms. The monoisotopic (exact) mass is 348 g/mol. The molecular weight excluding hydrogens is 328 g/mol. The zero-order valence-electron chi connectivity index (χ0n) is 14.6. The molecule has 0 atom stereocenters. The van der Waals surface area contributed by atoms with Gasteiger partial charge in [-0.25, -0.2) is 9.97 Å². The summed E-state index contributed by atoms with van der Waals surface area (Å²) in [5, 5.41) is 2.94. The van der Waals surface area contributed by atoms with Crippen LogP contribution in [-0.4, -0.2) is 36.1 Å². The normalized spacial score (nSPS) is 13.8. The lowest BCUT2D eigenvalue weighted by molar-refractivity contribution is 0.102. The van der Waals surface area contributed by atoms with Gasteiger partial charge in [0.25, 0.3) is 5.91 Å². The number of rotatable bonds is 4. The molecule has 1 fully saturated rings. The SMILES string of the molecule is COc1ccc(C(=O)Nc2nc3ccccc3nc2N2CCCC2)cc1. The van der Waals surface area contributed by atoms with Gasteiger partial charge in [0.1, 0.15) is 5.75 Å². The van der Waals surface area contributed by atoms with Crippen molar-refractivity contribution in [2.45, 2.75) is 12.8 Å². The molecule has 26 heavy (non-hydrogen) atoms. The van der Waals surface area contributed by atoms with Crippen molar-refractivity contribution in [2.75, 3.05) is 30.4 Å². The Morgan fingerprint density at radius 2 is 1.65 bits per heavy atom. The third-order valence-electron chi connectivity index (χ3n) is 4.54. The molecular formula is C20H20N4O2. The average molecular weight is 348 g/mol. The third kappa shape index (κ3) is 3.18. The number of aromatic nitrogens is 2. The van der Waals surface area contributed by atoms with E-state index in [4.69, 9.17) is 9.72 Å². The van der Waals surface area contributed by atoms with Crippen LogP contribution in [0.2, 0.25) is 0 Å². The maximum atomic E-state index is 12.7. The average Bonchev–Trinajstić information content (AvgIpc) is 3.22. The number of fused-ring (bicyclic) bond motifs is 1. The Labute approximate surface area is 151 Å². The van der Waals surface area contributed by atoms with Crippen molar-refractivity contribution in [2.24, 2.45) is 0 Å². The van der Waals surface area contributed by atoms with E-state index >= 15 is 0 Å². The summed E-state index contributed by atoms with van der Waals surface area (Å²) in [7, 11) is 1.60. The topological polar surface area (TPSA) is 67.3 Å². The Kier molecular flexibility index (Phi) is 4.39. The van der Waals surface area contributed by atoms with Crippen LogP contribution in [-0.2, 0) is 0 Å². The number of hydrogen-bond donors (Lipinski definition) is 1. The molecule has 0 unspecified atom stereocenters. The highest BCUT2D eigenvalue weighted by atomic mass is 16.5. The molecule has 1 aliphatic heterocycles. The molecule has 3 aromatic rings. The van der Waals surface area contributed by atoms with Crippen molar-refractivity contribution in [1.82, 2.24) is 9.97 Å². The number of carbonyl (C=O) groups is 1. The van der Waals surface area contributed by atoms with Gasteiger partial charge in [-0.2, -0.15) is 0 Å². The minimum atomic E-state index is -0.210. The smallest absolute Gasteiger partial charge is 0.256 e. The van der Waals surface area contributed by atoms with Crippen molar-refractivity contribution in [1.29, 1.82) is 0 Å². The molecule has 1 aromatic heterocycles. The zero-order valence-corrected chi connectivity index (χ0v) is 14.6. The van der Waals surface area contributed by atoms with Gasteiger partial charge in [-0.05, 0) is 49.2 Å². The summed E-state index contributed by atoms with van der Waals surface area (Å²) in [6, 6.07) is 14.7. The largest absolute Gasteiger partial charge is 0.497 e. The number of benzene rings is 2. The summed E-state index contributed by atoms with van der Waals surface area (Å²) in [5.41, 5.74) is 2.14. The van der Waals surface area contributed by atoms with E-state index < -0.39 is 0 Å². The zero-order chi connectivity index (χ0) is 17.9. The van der Waals surface area contributed by atoms with E-state index in [0.29, 0.717) is 17.1 Å². The molecule has 132 valence electrons. The lowest BCUT2D eigenvalue weighted by atomic mass is 10.2. The number of amides is 1. The van der Waals surface area contributed by atoms with E-state index in [0.717, 1.165) is 42.8 Å². The Morgan fingerprint density at radius 1 is 1.00 bits per heavy atom. The van der Waals surface area contributed by atoms with Gasteiger partial charge in [0.15, 0.2) is 11.6 Å². The molecule has 0 spiro atoms. The van der Waals surface area contributed by atoms with Crippen LogP contribution >= 0.6 is 0 Å². The first-order valence-electron chi connectivity index (χ1n) is 8.72. The molecule has 0 bridgehead atoms. The number of nitrogens with one attached hydrogen (secondary N) is 1. The molecule has 4 rings (SSSR count). The molecule has 0 radical (unpaired) electrons. The molecule has 1 N–H and O–H groups in total. The third-order valence-corrected chi connectivity index (χ3v) is 4.54. The number of methoxy groups -OCH3 is 1. The van der Waals surface area contributed by atoms with Gasteiger partial charge in [0.05, 0.1) is 18.1 Å². The molecule has 1 aliphatic rings. The van der Waals surface area contributed by atoms with E-state index in [1.165, 1.54) is 0 Å². The second kappa shape index (κ2) is 7.00. The molecule has 2 aromatic carbocycles. The van der Waals surface area contributed by atoms with Crippen molar-refractivity contribution in [3.63, 3.8) is 0 Å². The Balaban J connectivity index is 1.69. The number of nitrogens with zero attached hydrogens (tertiary/aromatic N) is 3. The van der Waals surface area contributed by atoms with E-state index in [1.54, 1.807) is 31.4 Å². The predicted octanol–water partition coefficient (Wildman–Crippen LogP) is 3.49. The first kappa shape index (κ1) is 16.3. The lowest BCUT2D eigenvalue weighted by Crippen LogP contribution is -2.23. The molecule has 2 heterocycles. The summed E-state index contributed by atoms with van der Waals surface area (Å²) in [6.45, 7) is 1.86. The van der Waals surface area contributed by atoms with Crippen LogP contribution in [0.3, 0.4) is 0 Å². The van der Waals surface area contributed by atoms with E-state index in [9.17, 15) is 4.79 Å². The van der Waals surface area contributed by atoms with E-state index in [-0.39, 0.29) is 5.91 Å². The summed E-state index contributed by atoms with van der Waals surface area (Å²) < 4.78 is 5.14. The lowest BCUT2D eigenvalue weighted by Gasteiger charge is -2.20. The predicted molar refractivity (Wildman–Crippen MR) is 102 cm³/mol. The van der Waals surface area contributed by atoms with Crippen LogP contribution in [0.15, 0.2) is 48.5 Å². The first-order chi connectivity index (χ1) is 12.7. The quantitative estimate of drug-likeness (QED) is 0.782. The van der Waals surface area contributed by atoms with Gasteiger partial charge in [0.2, 0.25) is 0 Å². The first-order valence-corrected chi connectivity index (χ1v) is 8.72. The molecule has 0 saturated carbocycles. The van der Waals surface area contributed by atoms with Gasteiger partial charge in [0, 0.05) is 18.7 Å². The van der Waals surface area contributed by atoms with E-state index in [1.807, 2.05) is 24.3 Å². The standard InChI is InChI=1S/C20H20N4O2/c1-26-15-10-8-14(9-11-15)20(25)23-18-19(24-12-4-5-13-24)22-17-7-3-2-6-16(17)21-18/h2-3,6-11H,4-5,12-13H2,1H3,(H,21,23,25). The van der Waals surface area contributed by atoms with Crippen LogP contribution in [0, 0.1) is 0 Å². The Bertz CT molecular complexity index is 934. The van der Waals surface area contributed by atoms with Gasteiger partial charge in [-0.1, -0.05) is 12.1 Å². The highest BCUT2D eigenvalue weighted by Gasteiger charge is 2.21. The summed E-state index contributed by atoms with van der Waals surface area (Å²) in [6.07, 6.45) is 2.25. The highest BCUT2D eigenvalue weighted by Crippen LogP contribution is 2.28.